The Kier molecular flexibility index (Phi) is 4.95. The molecule has 6 nitrogen and oxygen atoms in total. The second kappa shape index (κ2) is 6.04. The Morgan fingerprint density at radius 3 is 2.28 bits per heavy atom. The molecule has 4 N–H and O–H groups in total. The largest absolute Gasteiger partial charge is 0.453 e. The van der Waals surface area contributed by atoms with Crippen LogP contribution in [0.15, 0.2) is 0 Å². The van der Waals surface area contributed by atoms with Crippen molar-refractivity contribution in [1.82, 2.24) is 10.6 Å². The van der Waals surface area contributed by atoms with Gasteiger partial charge < -0.3 is 21.1 Å². The van der Waals surface area contributed by atoms with E-state index in [1.165, 1.54) is 7.11 Å². The van der Waals surface area contributed by atoms with Crippen LogP contribution in [0.25, 0.3) is 0 Å². The van der Waals surface area contributed by atoms with E-state index in [1.807, 2.05) is 13.8 Å². The molecule has 1 unspecified atom stereocenters. The standard InChI is InChI=1S/C12H23N3O3/c1-8(2)9(14-11(17)18-3)10(16)15-12(13)6-4-5-7-12/h8-9H,4-7,13H2,1-3H3,(H,14,17)(H,15,16). The number of carbonyl (C=O) groups is 2. The van der Waals surface area contributed by atoms with Gasteiger partial charge in [-0.05, 0) is 31.6 Å². The van der Waals surface area contributed by atoms with Gasteiger partial charge in [-0.3, -0.25) is 4.79 Å². The minimum atomic E-state index is -0.626. The van der Waals surface area contributed by atoms with Gasteiger partial charge in [-0.15, -0.1) is 0 Å². The van der Waals surface area contributed by atoms with Crippen molar-refractivity contribution in [3.05, 3.63) is 0 Å². The fraction of sp³-hybridized carbons (Fsp3) is 0.833. The first-order valence-corrected chi connectivity index (χ1v) is 6.33. The molecular weight excluding hydrogens is 234 g/mol. The molecule has 0 aliphatic heterocycles. The first-order chi connectivity index (χ1) is 8.38. The van der Waals surface area contributed by atoms with Crippen LogP contribution in [0.2, 0.25) is 0 Å². The normalized spacial score (nSPS) is 19.4. The molecule has 1 atom stereocenters. The Balaban J connectivity index is 2.62. The second-order valence-corrected chi connectivity index (χ2v) is 5.21. The number of hydrogen-bond donors (Lipinski definition) is 3. The van der Waals surface area contributed by atoms with E-state index in [-0.39, 0.29) is 11.8 Å². The van der Waals surface area contributed by atoms with Crippen molar-refractivity contribution >= 4 is 12.0 Å². The van der Waals surface area contributed by atoms with E-state index in [2.05, 4.69) is 15.4 Å². The van der Waals surface area contributed by atoms with Gasteiger partial charge in [0.2, 0.25) is 5.91 Å². The van der Waals surface area contributed by atoms with E-state index in [0.717, 1.165) is 25.7 Å². The summed E-state index contributed by atoms with van der Waals surface area (Å²) in [5.41, 5.74) is 5.46. The van der Waals surface area contributed by atoms with E-state index in [0.29, 0.717) is 0 Å². The van der Waals surface area contributed by atoms with Crippen molar-refractivity contribution in [2.75, 3.05) is 7.11 Å². The fourth-order valence-corrected chi connectivity index (χ4v) is 2.17. The van der Waals surface area contributed by atoms with Crippen molar-refractivity contribution in [3.8, 4) is 0 Å². The van der Waals surface area contributed by atoms with Crippen LogP contribution in [-0.4, -0.2) is 30.8 Å². The molecule has 0 aromatic heterocycles. The average molecular weight is 257 g/mol. The molecule has 18 heavy (non-hydrogen) atoms. The summed E-state index contributed by atoms with van der Waals surface area (Å²) in [5.74, 6) is -0.283. The summed E-state index contributed by atoms with van der Waals surface area (Å²) in [6, 6.07) is -0.626. The maximum atomic E-state index is 12.1. The van der Waals surface area contributed by atoms with E-state index < -0.39 is 17.8 Å². The van der Waals surface area contributed by atoms with Crippen LogP contribution in [0, 0.1) is 5.92 Å². The number of methoxy groups -OCH3 is 1. The lowest BCUT2D eigenvalue weighted by atomic mass is 10.0. The summed E-state index contributed by atoms with van der Waals surface area (Å²) in [6.45, 7) is 3.72. The lowest BCUT2D eigenvalue weighted by Gasteiger charge is -2.29. The van der Waals surface area contributed by atoms with Crippen LogP contribution in [0.1, 0.15) is 39.5 Å². The number of nitrogens with two attached hydrogens (primary N) is 1. The SMILES string of the molecule is COC(=O)NC(C(=O)NC1(N)CCCC1)C(C)C. The summed E-state index contributed by atoms with van der Waals surface area (Å²) in [7, 11) is 1.27. The first kappa shape index (κ1) is 14.8. The molecule has 0 spiro atoms. The summed E-state index contributed by atoms with van der Waals surface area (Å²) in [4.78, 5) is 23.3. The third kappa shape index (κ3) is 3.87. The van der Waals surface area contributed by atoms with Crippen LogP contribution in [-0.2, 0) is 9.53 Å². The van der Waals surface area contributed by atoms with Gasteiger partial charge in [0, 0.05) is 0 Å². The van der Waals surface area contributed by atoms with Gasteiger partial charge in [0.25, 0.3) is 0 Å². The van der Waals surface area contributed by atoms with Gasteiger partial charge in [-0.1, -0.05) is 13.8 Å². The van der Waals surface area contributed by atoms with Crippen molar-refractivity contribution < 1.29 is 14.3 Å². The summed E-state index contributed by atoms with van der Waals surface area (Å²) in [5, 5.41) is 5.36. The van der Waals surface area contributed by atoms with Crippen LogP contribution in [0.4, 0.5) is 4.79 Å². The van der Waals surface area contributed by atoms with Gasteiger partial charge >= 0.3 is 6.09 Å². The zero-order valence-electron chi connectivity index (χ0n) is 11.3. The molecule has 104 valence electrons. The molecule has 0 heterocycles. The Labute approximate surface area is 108 Å². The lowest BCUT2D eigenvalue weighted by molar-refractivity contribution is -0.125. The summed E-state index contributed by atoms with van der Waals surface area (Å²) in [6.07, 6.45) is 2.99. The molecule has 1 fully saturated rings. The van der Waals surface area contributed by atoms with E-state index in [4.69, 9.17) is 5.73 Å². The average Bonchev–Trinajstić information content (AvgIpc) is 2.71. The van der Waals surface area contributed by atoms with Gasteiger partial charge in [-0.25, -0.2) is 4.79 Å². The number of ether oxygens (including phenoxy) is 1. The highest BCUT2D eigenvalue weighted by Crippen LogP contribution is 2.24. The van der Waals surface area contributed by atoms with Crippen molar-refractivity contribution in [2.24, 2.45) is 11.7 Å². The van der Waals surface area contributed by atoms with Gasteiger partial charge in [0.15, 0.2) is 0 Å². The third-order valence-corrected chi connectivity index (χ3v) is 3.28. The predicted octanol–water partition coefficient (Wildman–Crippen LogP) is 0.712. The number of amides is 2. The Morgan fingerprint density at radius 1 is 1.28 bits per heavy atom. The minimum absolute atomic E-state index is 0.0332. The third-order valence-electron chi connectivity index (χ3n) is 3.28. The van der Waals surface area contributed by atoms with Crippen LogP contribution in [0.5, 0.6) is 0 Å². The van der Waals surface area contributed by atoms with Gasteiger partial charge in [0.05, 0.1) is 12.8 Å². The molecule has 0 radical (unpaired) electrons. The van der Waals surface area contributed by atoms with E-state index in [9.17, 15) is 9.59 Å². The first-order valence-electron chi connectivity index (χ1n) is 6.33. The van der Waals surface area contributed by atoms with E-state index in [1.54, 1.807) is 0 Å². The predicted molar refractivity (Wildman–Crippen MR) is 67.7 cm³/mol. The van der Waals surface area contributed by atoms with Gasteiger partial charge in [-0.2, -0.15) is 0 Å². The molecule has 1 aliphatic carbocycles. The highest BCUT2D eigenvalue weighted by molar-refractivity contribution is 5.86. The molecule has 2 amide bonds. The highest BCUT2D eigenvalue weighted by Gasteiger charge is 2.34. The van der Waals surface area contributed by atoms with Crippen LogP contribution >= 0.6 is 0 Å². The quantitative estimate of drug-likeness (QED) is 0.647. The molecule has 0 saturated heterocycles. The lowest BCUT2D eigenvalue weighted by Crippen LogP contribution is -2.60. The molecular formula is C12H23N3O3. The summed E-state index contributed by atoms with van der Waals surface area (Å²) >= 11 is 0. The molecule has 1 aliphatic rings. The zero-order valence-corrected chi connectivity index (χ0v) is 11.3. The van der Waals surface area contributed by atoms with Crippen molar-refractivity contribution in [3.63, 3.8) is 0 Å². The Morgan fingerprint density at radius 2 is 1.83 bits per heavy atom. The second-order valence-electron chi connectivity index (χ2n) is 5.21. The number of carbonyl (C=O) groups excluding carboxylic acids is 2. The number of rotatable bonds is 4. The minimum Gasteiger partial charge on any atom is -0.453 e. The molecule has 6 heteroatoms. The molecule has 1 saturated carbocycles. The molecule has 0 aromatic carbocycles. The number of nitrogens with one attached hydrogen (secondary N) is 2. The maximum Gasteiger partial charge on any atom is 0.407 e. The van der Waals surface area contributed by atoms with E-state index >= 15 is 0 Å². The fourth-order valence-electron chi connectivity index (χ4n) is 2.17. The van der Waals surface area contributed by atoms with Crippen molar-refractivity contribution in [1.29, 1.82) is 0 Å². The zero-order chi connectivity index (χ0) is 13.8. The van der Waals surface area contributed by atoms with Gasteiger partial charge in [0.1, 0.15) is 6.04 Å². The van der Waals surface area contributed by atoms with Crippen molar-refractivity contribution in [2.45, 2.75) is 51.2 Å². The summed E-state index contributed by atoms with van der Waals surface area (Å²) < 4.78 is 4.51. The number of alkyl carbamates (subject to hydrolysis) is 1. The number of hydrogen-bond acceptors (Lipinski definition) is 4. The molecule has 0 aromatic rings. The monoisotopic (exact) mass is 257 g/mol. The Hall–Kier alpha value is -1.30. The molecule has 0 bridgehead atoms. The maximum absolute atomic E-state index is 12.1. The topological polar surface area (TPSA) is 93.4 Å². The highest BCUT2D eigenvalue weighted by atomic mass is 16.5. The smallest absolute Gasteiger partial charge is 0.407 e. The van der Waals surface area contributed by atoms with Crippen LogP contribution < -0.4 is 16.4 Å². The van der Waals surface area contributed by atoms with Crippen LogP contribution in [0.3, 0.4) is 0 Å². The molecule has 1 rings (SSSR count). The Bertz CT molecular complexity index is 312.